The molecule has 2 heteroatoms. The van der Waals surface area contributed by atoms with Crippen molar-refractivity contribution >= 4 is 10.9 Å². The van der Waals surface area contributed by atoms with Crippen LogP contribution in [-0.2, 0) is 6.54 Å². The molecule has 0 saturated carbocycles. The number of fused-ring (bicyclic) bond motifs is 1. The zero-order valence-corrected chi connectivity index (χ0v) is 11.5. The first-order valence-electron chi connectivity index (χ1n) is 6.73. The quantitative estimate of drug-likeness (QED) is 0.863. The monoisotopic (exact) mass is 242 g/mol. The fraction of sp³-hybridized carbons (Fsp3) is 0.438. The third kappa shape index (κ3) is 3.30. The molecule has 1 aromatic heterocycles. The van der Waals surface area contributed by atoms with Crippen LogP contribution in [0.15, 0.2) is 36.5 Å². The van der Waals surface area contributed by atoms with Gasteiger partial charge in [0.05, 0.1) is 5.52 Å². The Morgan fingerprint density at radius 3 is 2.67 bits per heavy atom. The van der Waals surface area contributed by atoms with Crippen molar-refractivity contribution in [3.63, 3.8) is 0 Å². The summed E-state index contributed by atoms with van der Waals surface area (Å²) in [7, 11) is 0. The molecule has 1 heterocycles. The number of rotatable bonds is 5. The lowest BCUT2D eigenvalue weighted by molar-refractivity contribution is 0.442. The maximum absolute atomic E-state index is 4.39. The number of hydrogen-bond acceptors (Lipinski definition) is 2. The number of hydrogen-bond donors (Lipinski definition) is 1. The summed E-state index contributed by atoms with van der Waals surface area (Å²) in [6.45, 7) is 7.69. The fourth-order valence-electron chi connectivity index (χ4n) is 2.38. The van der Waals surface area contributed by atoms with Gasteiger partial charge in [0.2, 0.25) is 0 Å². The SMILES string of the molecule is CC(C)CC(C)NCc1ccnc2ccccc12. The molecule has 1 aromatic carbocycles. The van der Waals surface area contributed by atoms with Crippen LogP contribution in [0.1, 0.15) is 32.8 Å². The highest BCUT2D eigenvalue weighted by atomic mass is 14.9. The van der Waals surface area contributed by atoms with Crippen LogP contribution in [-0.4, -0.2) is 11.0 Å². The summed E-state index contributed by atoms with van der Waals surface area (Å²) in [5.74, 6) is 0.738. The van der Waals surface area contributed by atoms with E-state index >= 15 is 0 Å². The Kier molecular flexibility index (Phi) is 4.32. The van der Waals surface area contributed by atoms with E-state index in [1.54, 1.807) is 0 Å². The van der Waals surface area contributed by atoms with Gasteiger partial charge in [0.25, 0.3) is 0 Å². The molecule has 0 fully saturated rings. The summed E-state index contributed by atoms with van der Waals surface area (Å²) >= 11 is 0. The van der Waals surface area contributed by atoms with E-state index in [-0.39, 0.29) is 0 Å². The van der Waals surface area contributed by atoms with Gasteiger partial charge >= 0.3 is 0 Å². The van der Waals surface area contributed by atoms with E-state index in [2.05, 4.69) is 55.3 Å². The van der Waals surface area contributed by atoms with Crippen molar-refractivity contribution in [3.8, 4) is 0 Å². The molecular formula is C16H22N2. The molecule has 0 amide bonds. The van der Waals surface area contributed by atoms with E-state index in [1.807, 2.05) is 12.3 Å². The molecule has 2 nitrogen and oxygen atoms in total. The maximum Gasteiger partial charge on any atom is 0.0705 e. The second kappa shape index (κ2) is 5.96. The van der Waals surface area contributed by atoms with Crippen LogP contribution in [0.2, 0.25) is 0 Å². The van der Waals surface area contributed by atoms with Gasteiger partial charge in [-0.15, -0.1) is 0 Å². The van der Waals surface area contributed by atoms with Gasteiger partial charge in [0.1, 0.15) is 0 Å². The Balaban J connectivity index is 2.08. The molecule has 1 N–H and O–H groups in total. The Hall–Kier alpha value is -1.41. The molecule has 0 aliphatic rings. The predicted octanol–water partition coefficient (Wildman–Crippen LogP) is 3.76. The molecule has 0 bridgehead atoms. The molecular weight excluding hydrogens is 220 g/mol. The second-order valence-electron chi connectivity index (χ2n) is 5.40. The van der Waals surface area contributed by atoms with Gasteiger partial charge < -0.3 is 5.32 Å². The Labute approximate surface area is 109 Å². The molecule has 0 spiro atoms. The lowest BCUT2D eigenvalue weighted by Crippen LogP contribution is -2.26. The molecule has 2 rings (SSSR count). The Morgan fingerprint density at radius 2 is 1.89 bits per heavy atom. The van der Waals surface area contributed by atoms with Crippen LogP contribution < -0.4 is 5.32 Å². The van der Waals surface area contributed by atoms with Crippen LogP contribution in [0.25, 0.3) is 10.9 Å². The highest BCUT2D eigenvalue weighted by molar-refractivity contribution is 5.81. The van der Waals surface area contributed by atoms with Crippen molar-refractivity contribution in [2.24, 2.45) is 5.92 Å². The van der Waals surface area contributed by atoms with E-state index in [9.17, 15) is 0 Å². The maximum atomic E-state index is 4.39. The van der Waals surface area contributed by atoms with E-state index in [4.69, 9.17) is 0 Å². The fourth-order valence-corrected chi connectivity index (χ4v) is 2.38. The van der Waals surface area contributed by atoms with Crippen molar-refractivity contribution in [2.45, 2.75) is 39.8 Å². The molecule has 1 unspecified atom stereocenters. The normalized spacial score (nSPS) is 13.1. The minimum atomic E-state index is 0.553. The average Bonchev–Trinajstić information content (AvgIpc) is 2.35. The molecule has 96 valence electrons. The number of para-hydroxylation sites is 1. The van der Waals surface area contributed by atoms with E-state index < -0.39 is 0 Å². The van der Waals surface area contributed by atoms with Gasteiger partial charge in [-0.2, -0.15) is 0 Å². The zero-order chi connectivity index (χ0) is 13.0. The molecule has 0 saturated heterocycles. The lowest BCUT2D eigenvalue weighted by Gasteiger charge is -2.16. The van der Waals surface area contributed by atoms with E-state index in [0.29, 0.717) is 6.04 Å². The van der Waals surface area contributed by atoms with Crippen molar-refractivity contribution < 1.29 is 0 Å². The van der Waals surface area contributed by atoms with Crippen LogP contribution in [0.3, 0.4) is 0 Å². The number of pyridine rings is 1. The summed E-state index contributed by atoms with van der Waals surface area (Å²) in [5, 5.41) is 4.85. The van der Waals surface area contributed by atoms with Crippen molar-refractivity contribution in [3.05, 3.63) is 42.1 Å². The number of nitrogens with one attached hydrogen (secondary N) is 1. The third-order valence-electron chi connectivity index (χ3n) is 3.21. The van der Waals surface area contributed by atoms with Gasteiger partial charge in [0, 0.05) is 24.2 Å². The Morgan fingerprint density at radius 1 is 1.11 bits per heavy atom. The number of nitrogens with zero attached hydrogens (tertiary/aromatic N) is 1. The minimum absolute atomic E-state index is 0.553. The second-order valence-corrected chi connectivity index (χ2v) is 5.40. The average molecular weight is 242 g/mol. The highest BCUT2D eigenvalue weighted by Crippen LogP contribution is 2.16. The van der Waals surface area contributed by atoms with Gasteiger partial charge in [0.15, 0.2) is 0 Å². The highest BCUT2D eigenvalue weighted by Gasteiger charge is 2.06. The smallest absolute Gasteiger partial charge is 0.0705 e. The first kappa shape index (κ1) is 13.0. The molecule has 18 heavy (non-hydrogen) atoms. The molecule has 0 aliphatic heterocycles. The predicted molar refractivity (Wildman–Crippen MR) is 77.5 cm³/mol. The topological polar surface area (TPSA) is 24.9 Å². The molecule has 0 radical (unpaired) electrons. The summed E-state index contributed by atoms with van der Waals surface area (Å²) < 4.78 is 0. The van der Waals surface area contributed by atoms with Crippen molar-refractivity contribution in [1.29, 1.82) is 0 Å². The third-order valence-corrected chi connectivity index (χ3v) is 3.21. The largest absolute Gasteiger partial charge is 0.310 e. The van der Waals surface area contributed by atoms with Gasteiger partial charge in [-0.1, -0.05) is 32.0 Å². The summed E-state index contributed by atoms with van der Waals surface area (Å²) in [4.78, 5) is 4.39. The van der Waals surface area contributed by atoms with Crippen LogP contribution >= 0.6 is 0 Å². The van der Waals surface area contributed by atoms with Crippen molar-refractivity contribution in [2.75, 3.05) is 0 Å². The van der Waals surface area contributed by atoms with Crippen molar-refractivity contribution in [1.82, 2.24) is 10.3 Å². The molecule has 0 aliphatic carbocycles. The first-order chi connectivity index (χ1) is 8.66. The van der Waals surface area contributed by atoms with Crippen LogP contribution in [0.4, 0.5) is 0 Å². The zero-order valence-electron chi connectivity index (χ0n) is 11.5. The van der Waals surface area contributed by atoms with Gasteiger partial charge in [-0.05, 0) is 37.0 Å². The van der Waals surface area contributed by atoms with E-state index in [0.717, 1.165) is 18.0 Å². The van der Waals surface area contributed by atoms with Crippen LogP contribution in [0, 0.1) is 5.92 Å². The van der Waals surface area contributed by atoms with E-state index in [1.165, 1.54) is 17.4 Å². The molecule has 1 atom stereocenters. The van der Waals surface area contributed by atoms with Gasteiger partial charge in [-0.3, -0.25) is 4.98 Å². The summed E-state index contributed by atoms with van der Waals surface area (Å²) in [5.41, 5.74) is 2.41. The summed E-state index contributed by atoms with van der Waals surface area (Å²) in [6.07, 6.45) is 3.11. The first-order valence-corrected chi connectivity index (χ1v) is 6.73. The van der Waals surface area contributed by atoms with Crippen LogP contribution in [0.5, 0.6) is 0 Å². The molecule has 2 aromatic rings. The standard InChI is InChI=1S/C16H22N2/c1-12(2)10-13(3)18-11-14-8-9-17-16-7-5-4-6-15(14)16/h4-9,12-13,18H,10-11H2,1-3H3. The summed E-state index contributed by atoms with van der Waals surface area (Å²) in [6, 6.07) is 11.0. The lowest BCUT2D eigenvalue weighted by atomic mass is 10.0. The van der Waals surface area contributed by atoms with Gasteiger partial charge in [-0.25, -0.2) is 0 Å². The minimum Gasteiger partial charge on any atom is -0.310 e. The number of benzene rings is 1. The Bertz CT molecular complexity index is 500. The number of aromatic nitrogens is 1.